The number of nitrogens with zero attached hydrogens (tertiary/aromatic N) is 1. The third kappa shape index (κ3) is 1.60. The number of nitro benzene ring substituents is 1. The Hall–Kier alpha value is -1.84. The van der Waals surface area contributed by atoms with Gasteiger partial charge in [-0.15, -0.1) is 0 Å². The predicted molar refractivity (Wildman–Crippen MR) is 46.3 cm³/mol. The van der Waals surface area contributed by atoms with Crippen molar-refractivity contribution < 1.29 is 4.92 Å². The minimum Gasteiger partial charge on any atom is -0.405 e. The second-order valence-corrected chi connectivity index (χ2v) is 2.18. The maximum atomic E-state index is 10.4. The van der Waals surface area contributed by atoms with E-state index in [2.05, 4.69) is 0 Å². The van der Waals surface area contributed by atoms with Crippen LogP contribution in [0.5, 0.6) is 0 Å². The predicted octanol–water partition coefficient (Wildman–Crippen LogP) is 1.52. The van der Waals surface area contributed by atoms with Gasteiger partial charge in [-0.1, -0.05) is 12.1 Å². The molecule has 0 amide bonds. The number of nitro groups is 1. The van der Waals surface area contributed by atoms with Gasteiger partial charge in [0.25, 0.3) is 5.69 Å². The van der Waals surface area contributed by atoms with Crippen LogP contribution in [0.25, 0.3) is 6.08 Å². The molecule has 62 valence electrons. The standard InChI is InChI=1S/C8H8N2O2/c9-6-5-7-3-1-2-4-8(7)10(11)12/h1-6H,9H2/b6-5+. The van der Waals surface area contributed by atoms with Crippen LogP contribution in [0.1, 0.15) is 5.56 Å². The first-order chi connectivity index (χ1) is 5.75. The van der Waals surface area contributed by atoms with E-state index in [1.807, 2.05) is 0 Å². The van der Waals surface area contributed by atoms with Gasteiger partial charge < -0.3 is 5.73 Å². The Kier molecular flexibility index (Phi) is 2.42. The van der Waals surface area contributed by atoms with Crippen LogP contribution >= 0.6 is 0 Å². The molecule has 0 bridgehead atoms. The molecule has 0 aliphatic rings. The van der Waals surface area contributed by atoms with Crippen LogP contribution in [0.2, 0.25) is 0 Å². The van der Waals surface area contributed by atoms with Crippen LogP contribution in [0.4, 0.5) is 5.69 Å². The molecule has 1 aromatic rings. The lowest BCUT2D eigenvalue weighted by molar-refractivity contribution is -0.385. The average molecular weight is 164 g/mol. The number of hydrogen-bond acceptors (Lipinski definition) is 3. The first kappa shape index (κ1) is 8.26. The monoisotopic (exact) mass is 164 g/mol. The van der Waals surface area contributed by atoms with E-state index in [-0.39, 0.29) is 5.69 Å². The lowest BCUT2D eigenvalue weighted by Gasteiger charge is -1.94. The second kappa shape index (κ2) is 3.52. The smallest absolute Gasteiger partial charge is 0.276 e. The molecule has 0 saturated carbocycles. The van der Waals surface area contributed by atoms with E-state index in [1.54, 1.807) is 18.2 Å². The Balaban J connectivity index is 3.17. The van der Waals surface area contributed by atoms with Crippen LogP contribution in [-0.4, -0.2) is 4.92 Å². The molecule has 0 aromatic heterocycles. The van der Waals surface area contributed by atoms with Gasteiger partial charge >= 0.3 is 0 Å². The summed E-state index contributed by atoms with van der Waals surface area (Å²) in [5.41, 5.74) is 5.71. The van der Waals surface area contributed by atoms with Gasteiger partial charge in [-0.2, -0.15) is 0 Å². The topological polar surface area (TPSA) is 69.2 Å². The van der Waals surface area contributed by atoms with E-state index in [0.717, 1.165) is 0 Å². The van der Waals surface area contributed by atoms with E-state index >= 15 is 0 Å². The molecule has 0 aliphatic heterocycles. The fourth-order valence-corrected chi connectivity index (χ4v) is 0.898. The van der Waals surface area contributed by atoms with E-state index in [1.165, 1.54) is 18.3 Å². The van der Waals surface area contributed by atoms with Gasteiger partial charge in [0.15, 0.2) is 0 Å². The molecule has 0 spiro atoms. The molecular formula is C8H8N2O2. The summed E-state index contributed by atoms with van der Waals surface area (Å²) in [6, 6.07) is 6.42. The highest BCUT2D eigenvalue weighted by atomic mass is 16.6. The molecule has 12 heavy (non-hydrogen) atoms. The zero-order valence-corrected chi connectivity index (χ0v) is 6.31. The maximum Gasteiger partial charge on any atom is 0.276 e. The molecule has 2 N–H and O–H groups in total. The van der Waals surface area contributed by atoms with Crippen molar-refractivity contribution in [2.75, 3.05) is 0 Å². The van der Waals surface area contributed by atoms with E-state index < -0.39 is 4.92 Å². The van der Waals surface area contributed by atoms with Crippen LogP contribution in [0.15, 0.2) is 30.5 Å². The molecule has 0 unspecified atom stereocenters. The van der Waals surface area contributed by atoms with Crippen molar-refractivity contribution in [2.45, 2.75) is 0 Å². The van der Waals surface area contributed by atoms with Gasteiger partial charge in [-0.3, -0.25) is 10.1 Å². The Morgan fingerprint density at radius 1 is 1.42 bits per heavy atom. The summed E-state index contributed by atoms with van der Waals surface area (Å²) in [6.45, 7) is 0. The highest BCUT2D eigenvalue weighted by Crippen LogP contribution is 2.18. The first-order valence-corrected chi connectivity index (χ1v) is 3.37. The molecule has 0 aliphatic carbocycles. The Morgan fingerprint density at radius 3 is 2.67 bits per heavy atom. The SMILES string of the molecule is N/C=C/c1ccccc1[N+](=O)[O-]. The first-order valence-electron chi connectivity index (χ1n) is 3.37. The Labute approximate surface area is 69.5 Å². The number of para-hydroxylation sites is 1. The summed E-state index contributed by atoms with van der Waals surface area (Å²) >= 11 is 0. The molecule has 4 heteroatoms. The highest BCUT2D eigenvalue weighted by Gasteiger charge is 2.08. The van der Waals surface area contributed by atoms with Crippen molar-refractivity contribution in [1.82, 2.24) is 0 Å². The number of benzene rings is 1. The average Bonchev–Trinajstić information content (AvgIpc) is 2.05. The van der Waals surface area contributed by atoms with Crippen molar-refractivity contribution in [3.8, 4) is 0 Å². The van der Waals surface area contributed by atoms with Gasteiger partial charge in [0.1, 0.15) is 0 Å². The van der Waals surface area contributed by atoms with Crippen LogP contribution in [-0.2, 0) is 0 Å². The fraction of sp³-hybridized carbons (Fsp3) is 0. The molecule has 0 heterocycles. The summed E-state index contributed by atoms with van der Waals surface area (Å²) < 4.78 is 0. The van der Waals surface area contributed by atoms with Crippen LogP contribution in [0, 0.1) is 10.1 Å². The number of nitrogens with two attached hydrogens (primary N) is 1. The normalized spacial score (nSPS) is 10.3. The minimum atomic E-state index is -0.435. The quantitative estimate of drug-likeness (QED) is 0.532. The molecule has 1 aromatic carbocycles. The summed E-state index contributed by atoms with van der Waals surface area (Å²) in [6.07, 6.45) is 2.78. The van der Waals surface area contributed by atoms with Gasteiger partial charge in [0.2, 0.25) is 0 Å². The van der Waals surface area contributed by atoms with Crippen molar-refractivity contribution in [3.63, 3.8) is 0 Å². The summed E-state index contributed by atoms with van der Waals surface area (Å²) in [4.78, 5) is 9.99. The van der Waals surface area contributed by atoms with Crippen LogP contribution < -0.4 is 5.73 Å². The maximum absolute atomic E-state index is 10.4. The molecule has 0 saturated heterocycles. The van der Waals surface area contributed by atoms with Gasteiger partial charge in [0, 0.05) is 6.07 Å². The highest BCUT2D eigenvalue weighted by molar-refractivity contribution is 5.60. The van der Waals surface area contributed by atoms with Crippen molar-refractivity contribution in [3.05, 3.63) is 46.1 Å². The molecule has 4 nitrogen and oxygen atoms in total. The lowest BCUT2D eigenvalue weighted by atomic mass is 10.2. The molecule has 1 rings (SSSR count). The van der Waals surface area contributed by atoms with E-state index in [0.29, 0.717) is 5.56 Å². The summed E-state index contributed by atoms with van der Waals surface area (Å²) in [5.74, 6) is 0. The largest absolute Gasteiger partial charge is 0.405 e. The zero-order valence-electron chi connectivity index (χ0n) is 6.31. The lowest BCUT2D eigenvalue weighted by Crippen LogP contribution is -1.90. The van der Waals surface area contributed by atoms with Crippen LogP contribution in [0.3, 0.4) is 0 Å². The van der Waals surface area contributed by atoms with Crippen molar-refractivity contribution in [2.24, 2.45) is 5.73 Å². The molecular weight excluding hydrogens is 156 g/mol. The summed E-state index contributed by atoms with van der Waals surface area (Å²) in [5, 5.41) is 10.4. The number of hydrogen-bond donors (Lipinski definition) is 1. The fourth-order valence-electron chi connectivity index (χ4n) is 0.898. The van der Waals surface area contributed by atoms with Crippen molar-refractivity contribution in [1.29, 1.82) is 0 Å². The van der Waals surface area contributed by atoms with Gasteiger partial charge in [-0.05, 0) is 18.3 Å². The molecule has 0 radical (unpaired) electrons. The van der Waals surface area contributed by atoms with Gasteiger partial charge in [-0.25, -0.2) is 0 Å². The van der Waals surface area contributed by atoms with Crippen molar-refractivity contribution >= 4 is 11.8 Å². The third-order valence-corrected chi connectivity index (χ3v) is 1.41. The third-order valence-electron chi connectivity index (χ3n) is 1.41. The van der Waals surface area contributed by atoms with E-state index in [9.17, 15) is 10.1 Å². The number of rotatable bonds is 2. The van der Waals surface area contributed by atoms with Gasteiger partial charge in [0.05, 0.1) is 10.5 Å². The second-order valence-electron chi connectivity index (χ2n) is 2.18. The minimum absolute atomic E-state index is 0.0687. The Bertz CT molecular complexity index is 321. The Morgan fingerprint density at radius 2 is 2.08 bits per heavy atom. The molecule has 0 atom stereocenters. The summed E-state index contributed by atoms with van der Waals surface area (Å²) in [7, 11) is 0. The zero-order chi connectivity index (χ0) is 8.97. The molecule has 0 fully saturated rings. The van der Waals surface area contributed by atoms with E-state index in [4.69, 9.17) is 5.73 Å².